The van der Waals surface area contributed by atoms with Crippen LogP contribution in [0.15, 0.2) is 53.4 Å². The number of aryl methyl sites for hydroxylation is 1. The van der Waals surface area contributed by atoms with E-state index >= 15 is 0 Å². The fourth-order valence-corrected chi connectivity index (χ4v) is 3.49. The molecule has 1 unspecified atom stereocenters. The van der Waals surface area contributed by atoms with Gasteiger partial charge in [0.25, 0.3) is 0 Å². The molecule has 0 aliphatic heterocycles. The van der Waals surface area contributed by atoms with Crippen LogP contribution < -0.4 is 10.5 Å². The van der Waals surface area contributed by atoms with E-state index in [1.807, 2.05) is 6.07 Å². The molecule has 0 amide bonds. The van der Waals surface area contributed by atoms with E-state index < -0.39 is 16.1 Å². The van der Waals surface area contributed by atoms with Crippen molar-refractivity contribution in [3.05, 3.63) is 59.7 Å². The Kier molecular flexibility index (Phi) is 4.62. The number of sulfonamides is 1. The van der Waals surface area contributed by atoms with E-state index in [2.05, 4.69) is 4.72 Å². The average molecular weight is 306 g/mol. The standard InChI is InChI=1S/C15H18N2O3S/c1-11-6-5-9-13(16)15(11)21(19,20)17-10-14(18)12-7-3-2-4-8-12/h2-9,14,17-18H,10,16H2,1H3. The van der Waals surface area contributed by atoms with E-state index in [1.165, 1.54) is 6.07 Å². The van der Waals surface area contributed by atoms with Crippen molar-refractivity contribution in [2.45, 2.75) is 17.9 Å². The lowest BCUT2D eigenvalue weighted by Crippen LogP contribution is -2.29. The van der Waals surface area contributed by atoms with Gasteiger partial charge in [-0.25, -0.2) is 13.1 Å². The predicted molar refractivity (Wildman–Crippen MR) is 82.2 cm³/mol. The SMILES string of the molecule is Cc1cccc(N)c1S(=O)(=O)NCC(O)c1ccccc1. The number of rotatable bonds is 5. The fraction of sp³-hybridized carbons (Fsp3) is 0.200. The van der Waals surface area contributed by atoms with Gasteiger partial charge in [0.15, 0.2) is 0 Å². The van der Waals surface area contributed by atoms with Crippen molar-refractivity contribution in [2.75, 3.05) is 12.3 Å². The second-order valence-electron chi connectivity index (χ2n) is 4.77. The Hall–Kier alpha value is -1.89. The zero-order valence-electron chi connectivity index (χ0n) is 11.7. The van der Waals surface area contributed by atoms with Crippen molar-refractivity contribution in [3.63, 3.8) is 0 Å². The molecule has 0 bridgehead atoms. The number of hydrogen-bond donors (Lipinski definition) is 3. The number of nitrogens with two attached hydrogens (primary N) is 1. The topological polar surface area (TPSA) is 92.4 Å². The van der Waals surface area contributed by atoms with Crippen LogP contribution in [0, 0.1) is 6.92 Å². The molecule has 6 heteroatoms. The van der Waals surface area contributed by atoms with Gasteiger partial charge in [-0.05, 0) is 24.1 Å². The van der Waals surface area contributed by atoms with Crippen LogP contribution in [0.5, 0.6) is 0 Å². The molecular formula is C15H18N2O3S. The molecule has 0 spiro atoms. The van der Waals surface area contributed by atoms with Crippen LogP contribution >= 0.6 is 0 Å². The Labute approximate surface area is 124 Å². The van der Waals surface area contributed by atoms with Gasteiger partial charge in [-0.15, -0.1) is 0 Å². The molecule has 0 aliphatic rings. The van der Waals surface area contributed by atoms with E-state index in [9.17, 15) is 13.5 Å². The zero-order chi connectivity index (χ0) is 15.5. The predicted octanol–water partition coefficient (Wildman–Crippen LogP) is 1.59. The largest absolute Gasteiger partial charge is 0.398 e. The molecule has 0 radical (unpaired) electrons. The Morgan fingerprint density at radius 1 is 1.14 bits per heavy atom. The van der Waals surface area contributed by atoms with Crippen LogP contribution in [0.1, 0.15) is 17.2 Å². The van der Waals surface area contributed by atoms with E-state index in [1.54, 1.807) is 43.3 Å². The molecule has 0 aliphatic carbocycles. The number of nitrogens with one attached hydrogen (secondary N) is 1. The van der Waals surface area contributed by atoms with Gasteiger partial charge in [-0.3, -0.25) is 0 Å². The van der Waals surface area contributed by atoms with E-state index in [-0.39, 0.29) is 17.1 Å². The first-order chi connectivity index (χ1) is 9.92. The first-order valence-corrected chi connectivity index (χ1v) is 7.98. The quantitative estimate of drug-likeness (QED) is 0.731. The summed E-state index contributed by atoms with van der Waals surface area (Å²) in [5.74, 6) is 0. The van der Waals surface area contributed by atoms with Gasteiger partial charge >= 0.3 is 0 Å². The molecule has 112 valence electrons. The van der Waals surface area contributed by atoms with Crippen molar-refractivity contribution in [3.8, 4) is 0 Å². The first kappa shape index (κ1) is 15.5. The second kappa shape index (κ2) is 6.26. The Morgan fingerprint density at radius 2 is 1.81 bits per heavy atom. The monoisotopic (exact) mass is 306 g/mol. The number of nitrogen functional groups attached to an aromatic ring is 1. The molecule has 0 heterocycles. The lowest BCUT2D eigenvalue weighted by Gasteiger charge is -2.15. The van der Waals surface area contributed by atoms with Crippen molar-refractivity contribution >= 4 is 15.7 Å². The van der Waals surface area contributed by atoms with Crippen LogP contribution in [0.4, 0.5) is 5.69 Å². The number of aliphatic hydroxyl groups is 1. The molecule has 0 aromatic heterocycles. The van der Waals surface area contributed by atoms with Gasteiger partial charge in [0.1, 0.15) is 4.90 Å². The van der Waals surface area contributed by atoms with Crippen LogP contribution in [0.25, 0.3) is 0 Å². The number of hydrogen-bond acceptors (Lipinski definition) is 4. The van der Waals surface area contributed by atoms with Crippen LogP contribution in [-0.4, -0.2) is 20.1 Å². The van der Waals surface area contributed by atoms with Crippen molar-refractivity contribution in [2.24, 2.45) is 0 Å². The third-order valence-corrected chi connectivity index (χ3v) is 4.80. The Balaban J connectivity index is 2.16. The number of benzene rings is 2. The van der Waals surface area contributed by atoms with Gasteiger partial charge in [0, 0.05) is 6.54 Å². The summed E-state index contributed by atoms with van der Waals surface area (Å²) in [6.07, 6.45) is -0.911. The second-order valence-corrected chi connectivity index (χ2v) is 6.48. The molecule has 1 atom stereocenters. The normalized spacial score (nSPS) is 13.0. The van der Waals surface area contributed by atoms with Crippen LogP contribution in [0.2, 0.25) is 0 Å². The molecule has 5 nitrogen and oxygen atoms in total. The summed E-state index contributed by atoms with van der Waals surface area (Å²) in [4.78, 5) is 0.0604. The number of aliphatic hydroxyl groups excluding tert-OH is 1. The molecule has 2 aromatic carbocycles. The summed E-state index contributed by atoms with van der Waals surface area (Å²) < 4.78 is 27.0. The molecule has 0 saturated heterocycles. The maximum Gasteiger partial charge on any atom is 0.242 e. The Bertz CT molecular complexity index is 695. The zero-order valence-corrected chi connectivity index (χ0v) is 12.5. The highest BCUT2D eigenvalue weighted by atomic mass is 32.2. The van der Waals surface area contributed by atoms with Crippen LogP contribution in [0.3, 0.4) is 0 Å². The summed E-state index contributed by atoms with van der Waals surface area (Å²) in [5.41, 5.74) is 7.15. The third-order valence-electron chi connectivity index (χ3n) is 3.16. The molecular weight excluding hydrogens is 288 g/mol. The molecule has 21 heavy (non-hydrogen) atoms. The fourth-order valence-electron chi connectivity index (χ4n) is 2.10. The maximum atomic E-state index is 12.3. The average Bonchev–Trinajstić information content (AvgIpc) is 2.45. The van der Waals surface area contributed by atoms with Gasteiger partial charge in [0.2, 0.25) is 10.0 Å². The van der Waals surface area contributed by atoms with E-state index in [0.717, 1.165) is 0 Å². The van der Waals surface area contributed by atoms with Crippen molar-refractivity contribution in [1.82, 2.24) is 4.72 Å². The molecule has 2 aromatic rings. The summed E-state index contributed by atoms with van der Waals surface area (Å²) in [5, 5.41) is 10.0. The minimum atomic E-state index is -3.76. The summed E-state index contributed by atoms with van der Waals surface area (Å²) >= 11 is 0. The summed E-state index contributed by atoms with van der Waals surface area (Å²) in [7, 11) is -3.76. The lowest BCUT2D eigenvalue weighted by atomic mass is 10.1. The summed E-state index contributed by atoms with van der Waals surface area (Å²) in [6, 6.07) is 13.8. The highest BCUT2D eigenvalue weighted by molar-refractivity contribution is 7.89. The van der Waals surface area contributed by atoms with Gasteiger partial charge in [-0.2, -0.15) is 0 Å². The van der Waals surface area contributed by atoms with E-state index in [0.29, 0.717) is 11.1 Å². The van der Waals surface area contributed by atoms with Gasteiger partial charge in [0.05, 0.1) is 11.8 Å². The molecule has 4 N–H and O–H groups in total. The van der Waals surface area contributed by atoms with Gasteiger partial charge in [-0.1, -0.05) is 42.5 Å². The minimum Gasteiger partial charge on any atom is -0.398 e. The molecule has 0 fully saturated rings. The molecule has 2 rings (SSSR count). The van der Waals surface area contributed by atoms with Crippen molar-refractivity contribution < 1.29 is 13.5 Å². The summed E-state index contributed by atoms with van der Waals surface area (Å²) in [6.45, 7) is 1.57. The third kappa shape index (κ3) is 3.60. The van der Waals surface area contributed by atoms with Gasteiger partial charge < -0.3 is 10.8 Å². The van der Waals surface area contributed by atoms with E-state index in [4.69, 9.17) is 5.73 Å². The lowest BCUT2D eigenvalue weighted by molar-refractivity contribution is 0.182. The highest BCUT2D eigenvalue weighted by Gasteiger charge is 2.21. The van der Waals surface area contributed by atoms with Crippen LogP contribution in [-0.2, 0) is 10.0 Å². The highest BCUT2D eigenvalue weighted by Crippen LogP contribution is 2.22. The van der Waals surface area contributed by atoms with Crippen molar-refractivity contribution in [1.29, 1.82) is 0 Å². The molecule has 0 saturated carbocycles. The smallest absolute Gasteiger partial charge is 0.242 e. The Morgan fingerprint density at radius 3 is 2.43 bits per heavy atom. The first-order valence-electron chi connectivity index (χ1n) is 6.49. The number of anilines is 1. The maximum absolute atomic E-state index is 12.3. The minimum absolute atomic E-state index is 0.0604.